The Labute approximate surface area is 206 Å². The fourth-order valence-electron chi connectivity index (χ4n) is 10.4. The zero-order chi connectivity index (χ0) is 25.1. The summed E-state index contributed by atoms with van der Waals surface area (Å²) in [5, 5.41) is 20.9. The van der Waals surface area contributed by atoms with Crippen LogP contribution >= 0.6 is 0 Å². The van der Waals surface area contributed by atoms with Crippen LogP contribution in [0.5, 0.6) is 0 Å². The number of aliphatic hydroxyl groups excluding tert-OH is 1. The van der Waals surface area contributed by atoms with Crippen molar-refractivity contribution >= 4 is 11.8 Å². The summed E-state index contributed by atoms with van der Waals surface area (Å²) in [4.78, 5) is 26.4. The summed E-state index contributed by atoms with van der Waals surface area (Å²) >= 11 is 0. The van der Waals surface area contributed by atoms with E-state index in [9.17, 15) is 19.8 Å². The lowest BCUT2D eigenvalue weighted by molar-refractivity contribution is -0.202. The van der Waals surface area contributed by atoms with Gasteiger partial charge >= 0.3 is 5.97 Å². The normalized spacial score (nSPS) is 54.1. The fourth-order valence-corrected chi connectivity index (χ4v) is 10.4. The van der Waals surface area contributed by atoms with Crippen LogP contribution in [-0.4, -0.2) is 28.1 Å². The third kappa shape index (κ3) is 2.81. The number of carbonyl (C=O) groups excluding carboxylic acids is 1. The van der Waals surface area contributed by atoms with E-state index in [4.69, 9.17) is 0 Å². The van der Waals surface area contributed by atoms with Crippen molar-refractivity contribution in [3.8, 4) is 0 Å². The number of hydrogen-bond donors (Lipinski definition) is 2. The molecule has 5 aliphatic carbocycles. The standard InChI is InChI=1S/C30H46O4/c1-25(2)21-8-11-30(7)23(28(21,5)10-9-22(25)32)20(31)16-18-19-17-27(4,24(33)34)13-12-26(19,3)14-15-29(18,30)6/h16,19,21-23,32H,8-15,17H2,1-7H3,(H,33,34)/t19-,21+,22-,23+,26+,27-,28-,29+,30+/m0/s1. The van der Waals surface area contributed by atoms with E-state index in [0.717, 1.165) is 51.4 Å². The van der Waals surface area contributed by atoms with Gasteiger partial charge in [-0.15, -0.1) is 0 Å². The molecule has 0 aromatic carbocycles. The fraction of sp³-hybridized carbons (Fsp3) is 0.867. The van der Waals surface area contributed by atoms with Gasteiger partial charge in [-0.2, -0.15) is 0 Å². The molecule has 4 heteroatoms. The van der Waals surface area contributed by atoms with E-state index in [-0.39, 0.29) is 50.8 Å². The molecule has 0 radical (unpaired) electrons. The highest BCUT2D eigenvalue weighted by atomic mass is 16.4. The number of carboxylic acid groups (broad SMARTS) is 1. The first-order valence-corrected chi connectivity index (χ1v) is 13.7. The van der Waals surface area contributed by atoms with E-state index in [1.165, 1.54) is 5.57 Å². The first kappa shape index (κ1) is 24.5. The third-order valence-electron chi connectivity index (χ3n) is 13.1. The molecule has 0 aromatic heterocycles. The Bertz CT molecular complexity index is 965. The van der Waals surface area contributed by atoms with E-state index >= 15 is 0 Å². The second-order valence-electron chi connectivity index (χ2n) is 14.9. The zero-order valence-corrected chi connectivity index (χ0v) is 22.5. The number of carbonyl (C=O) groups is 2. The van der Waals surface area contributed by atoms with Gasteiger partial charge < -0.3 is 10.2 Å². The van der Waals surface area contributed by atoms with Crippen molar-refractivity contribution in [2.45, 2.75) is 112 Å². The molecular weight excluding hydrogens is 424 g/mol. The molecule has 5 rings (SSSR count). The van der Waals surface area contributed by atoms with Gasteiger partial charge in [-0.1, -0.05) is 47.1 Å². The summed E-state index contributed by atoms with van der Waals surface area (Å²) in [6.07, 6.45) is 9.95. The number of aliphatic hydroxyl groups is 1. The van der Waals surface area contributed by atoms with Gasteiger partial charge in [-0.05, 0) is 110 Å². The molecule has 0 unspecified atom stereocenters. The number of allylic oxidation sites excluding steroid dienone is 2. The summed E-state index contributed by atoms with van der Waals surface area (Å²) in [5.41, 5.74) is 0.142. The highest BCUT2D eigenvalue weighted by Crippen LogP contribution is 2.75. The van der Waals surface area contributed by atoms with Crippen molar-refractivity contribution in [1.29, 1.82) is 0 Å². The van der Waals surface area contributed by atoms with Gasteiger partial charge in [0.2, 0.25) is 0 Å². The Hall–Kier alpha value is -1.16. The summed E-state index contributed by atoms with van der Waals surface area (Å²) in [5.74, 6) is 0.0603. The van der Waals surface area contributed by atoms with Crippen LogP contribution in [0, 0.1) is 50.2 Å². The van der Waals surface area contributed by atoms with Gasteiger partial charge in [0, 0.05) is 5.92 Å². The molecule has 4 nitrogen and oxygen atoms in total. The van der Waals surface area contributed by atoms with Crippen LogP contribution < -0.4 is 0 Å². The van der Waals surface area contributed by atoms with E-state index in [0.29, 0.717) is 12.3 Å². The number of hydrogen-bond acceptors (Lipinski definition) is 3. The third-order valence-corrected chi connectivity index (χ3v) is 13.1. The number of fused-ring (bicyclic) bond motifs is 7. The van der Waals surface area contributed by atoms with Gasteiger partial charge in [0.1, 0.15) is 0 Å². The number of aliphatic carboxylic acids is 1. The van der Waals surface area contributed by atoms with E-state index < -0.39 is 11.4 Å². The lowest BCUT2D eigenvalue weighted by atomic mass is 9.33. The molecule has 0 saturated heterocycles. The topological polar surface area (TPSA) is 74.6 Å². The summed E-state index contributed by atoms with van der Waals surface area (Å²) in [6.45, 7) is 15.8. The maximum Gasteiger partial charge on any atom is 0.309 e. The minimum atomic E-state index is -0.711. The average Bonchev–Trinajstić information content (AvgIpc) is 2.73. The number of ketones is 1. The lowest BCUT2D eigenvalue weighted by Crippen LogP contribution is -2.66. The molecule has 2 N–H and O–H groups in total. The Kier molecular flexibility index (Phi) is 5.04. The SMILES string of the molecule is CC1(C)[C@H]2CC[C@]3(C)[C@H](C(=O)C=C4[C@@H]5C[C@@](C)(C(=O)O)CC[C@]5(C)CC[C@]43C)[C@@]2(C)CC[C@@H]1O. The number of rotatable bonds is 1. The molecule has 0 bridgehead atoms. The molecule has 0 heterocycles. The van der Waals surface area contributed by atoms with Gasteiger partial charge in [0.25, 0.3) is 0 Å². The van der Waals surface area contributed by atoms with Crippen LogP contribution in [-0.2, 0) is 9.59 Å². The number of carboxylic acids is 1. The Morgan fingerprint density at radius 1 is 0.912 bits per heavy atom. The van der Waals surface area contributed by atoms with Crippen molar-refractivity contribution in [3.05, 3.63) is 11.6 Å². The summed E-state index contributed by atoms with van der Waals surface area (Å²) in [6, 6.07) is 0. The summed E-state index contributed by atoms with van der Waals surface area (Å²) in [7, 11) is 0. The molecule has 34 heavy (non-hydrogen) atoms. The molecule has 0 spiro atoms. The molecule has 0 amide bonds. The Balaban J connectivity index is 1.62. The Morgan fingerprint density at radius 2 is 1.56 bits per heavy atom. The van der Waals surface area contributed by atoms with E-state index in [1.807, 2.05) is 13.0 Å². The average molecular weight is 471 g/mol. The highest BCUT2D eigenvalue weighted by molar-refractivity contribution is 5.95. The monoisotopic (exact) mass is 470 g/mol. The van der Waals surface area contributed by atoms with Crippen LogP contribution in [0.25, 0.3) is 0 Å². The zero-order valence-electron chi connectivity index (χ0n) is 22.5. The van der Waals surface area contributed by atoms with Crippen molar-refractivity contribution in [1.82, 2.24) is 0 Å². The van der Waals surface area contributed by atoms with E-state index in [1.54, 1.807) is 0 Å². The predicted molar refractivity (Wildman–Crippen MR) is 133 cm³/mol. The smallest absolute Gasteiger partial charge is 0.309 e. The summed E-state index contributed by atoms with van der Waals surface area (Å²) < 4.78 is 0. The van der Waals surface area contributed by atoms with E-state index in [2.05, 4.69) is 41.5 Å². The quantitative estimate of drug-likeness (QED) is 0.464. The minimum absolute atomic E-state index is 0.0296. The second kappa shape index (κ2) is 6.99. The van der Waals surface area contributed by atoms with Gasteiger partial charge in [-0.3, -0.25) is 9.59 Å². The lowest BCUT2D eigenvalue weighted by Gasteiger charge is -2.70. The van der Waals surface area contributed by atoms with Crippen molar-refractivity contribution in [2.75, 3.05) is 0 Å². The first-order valence-electron chi connectivity index (χ1n) is 13.7. The van der Waals surface area contributed by atoms with Crippen LogP contribution in [0.15, 0.2) is 11.6 Å². The van der Waals surface area contributed by atoms with Gasteiger partial charge in [-0.25, -0.2) is 0 Å². The molecule has 4 saturated carbocycles. The van der Waals surface area contributed by atoms with Crippen molar-refractivity contribution in [2.24, 2.45) is 50.2 Å². The predicted octanol–water partition coefficient (Wildman–Crippen LogP) is 6.41. The maximum atomic E-state index is 14.2. The van der Waals surface area contributed by atoms with Crippen LogP contribution in [0.4, 0.5) is 0 Å². The molecule has 190 valence electrons. The maximum absolute atomic E-state index is 14.2. The molecule has 0 aromatic rings. The molecular formula is C30H46O4. The van der Waals surface area contributed by atoms with Gasteiger partial charge in [0.15, 0.2) is 5.78 Å². The van der Waals surface area contributed by atoms with Crippen LogP contribution in [0.3, 0.4) is 0 Å². The van der Waals surface area contributed by atoms with Crippen molar-refractivity contribution in [3.63, 3.8) is 0 Å². The molecule has 0 aliphatic heterocycles. The first-order chi connectivity index (χ1) is 15.6. The second-order valence-corrected chi connectivity index (χ2v) is 14.9. The highest BCUT2D eigenvalue weighted by Gasteiger charge is 2.70. The van der Waals surface area contributed by atoms with Crippen LogP contribution in [0.1, 0.15) is 106 Å². The molecule has 9 atom stereocenters. The van der Waals surface area contributed by atoms with Crippen molar-refractivity contribution < 1.29 is 19.8 Å². The van der Waals surface area contributed by atoms with Gasteiger partial charge in [0.05, 0.1) is 11.5 Å². The molecule has 5 aliphatic rings. The largest absolute Gasteiger partial charge is 0.481 e. The van der Waals surface area contributed by atoms with Crippen LogP contribution in [0.2, 0.25) is 0 Å². The Morgan fingerprint density at radius 3 is 2.21 bits per heavy atom. The minimum Gasteiger partial charge on any atom is -0.481 e. The molecule has 4 fully saturated rings.